The fourth-order valence-corrected chi connectivity index (χ4v) is 2.99. The van der Waals surface area contributed by atoms with Crippen molar-refractivity contribution >= 4 is 5.69 Å². The van der Waals surface area contributed by atoms with Crippen LogP contribution in [0.3, 0.4) is 0 Å². The summed E-state index contributed by atoms with van der Waals surface area (Å²) in [6, 6.07) is 17.6. The van der Waals surface area contributed by atoms with Gasteiger partial charge in [-0.25, -0.2) is 0 Å². The average molecular weight is 280 g/mol. The van der Waals surface area contributed by atoms with Crippen molar-refractivity contribution in [2.75, 3.05) is 25.0 Å². The molecule has 21 heavy (non-hydrogen) atoms. The summed E-state index contributed by atoms with van der Waals surface area (Å²) in [5.41, 5.74) is 5.68. The van der Waals surface area contributed by atoms with Crippen molar-refractivity contribution in [1.29, 1.82) is 0 Å². The van der Waals surface area contributed by atoms with Crippen LogP contribution in [0.1, 0.15) is 23.6 Å². The van der Waals surface area contributed by atoms with E-state index in [0.29, 0.717) is 0 Å². The number of anilines is 1. The maximum Gasteiger partial charge on any atom is 0.0373 e. The van der Waals surface area contributed by atoms with Crippen LogP contribution in [-0.4, -0.2) is 24.5 Å². The predicted octanol–water partition coefficient (Wildman–Crippen LogP) is 3.72. The van der Waals surface area contributed by atoms with E-state index in [1.54, 1.807) is 0 Å². The molecule has 0 bridgehead atoms. The maximum atomic E-state index is 3.43. The molecule has 0 atom stereocenters. The molecule has 0 spiro atoms. The molecule has 1 N–H and O–H groups in total. The van der Waals surface area contributed by atoms with E-state index >= 15 is 0 Å². The molecule has 0 radical (unpaired) electrons. The number of fused-ring (bicyclic) bond motifs is 1. The fourth-order valence-electron chi connectivity index (χ4n) is 2.99. The van der Waals surface area contributed by atoms with E-state index in [0.717, 1.165) is 32.6 Å². The van der Waals surface area contributed by atoms with Crippen LogP contribution in [0.2, 0.25) is 0 Å². The van der Waals surface area contributed by atoms with Crippen LogP contribution in [0.4, 0.5) is 5.69 Å². The van der Waals surface area contributed by atoms with E-state index in [2.05, 4.69) is 65.7 Å². The molecule has 2 aromatic rings. The van der Waals surface area contributed by atoms with Gasteiger partial charge >= 0.3 is 0 Å². The Hall–Kier alpha value is -1.80. The van der Waals surface area contributed by atoms with Gasteiger partial charge in [-0.2, -0.15) is 0 Å². The molecule has 0 unspecified atom stereocenters. The number of benzene rings is 2. The molecule has 3 rings (SSSR count). The molecule has 0 amide bonds. The fraction of sp³-hybridized carbons (Fsp3) is 0.368. The molecule has 0 saturated carbocycles. The van der Waals surface area contributed by atoms with Gasteiger partial charge in [0, 0.05) is 25.3 Å². The second-order valence-corrected chi connectivity index (χ2v) is 5.77. The predicted molar refractivity (Wildman–Crippen MR) is 89.7 cm³/mol. The second kappa shape index (κ2) is 6.77. The van der Waals surface area contributed by atoms with Crippen LogP contribution in [0.25, 0.3) is 0 Å². The van der Waals surface area contributed by atoms with Crippen molar-refractivity contribution in [1.82, 2.24) is 4.90 Å². The number of hydrogen-bond acceptors (Lipinski definition) is 2. The first-order valence-corrected chi connectivity index (χ1v) is 7.97. The Balaban J connectivity index is 1.58. The normalized spacial score (nSPS) is 13.2. The third-order valence-corrected chi connectivity index (χ3v) is 4.29. The molecular weight excluding hydrogens is 256 g/mol. The van der Waals surface area contributed by atoms with Crippen molar-refractivity contribution in [2.24, 2.45) is 0 Å². The Bertz CT molecular complexity index is 577. The van der Waals surface area contributed by atoms with Gasteiger partial charge in [0.15, 0.2) is 0 Å². The van der Waals surface area contributed by atoms with Crippen molar-refractivity contribution in [3.05, 3.63) is 65.2 Å². The van der Waals surface area contributed by atoms with E-state index in [9.17, 15) is 0 Å². The molecule has 1 heterocycles. The lowest BCUT2D eigenvalue weighted by atomic mass is 10.1. The third-order valence-electron chi connectivity index (χ3n) is 4.29. The van der Waals surface area contributed by atoms with Gasteiger partial charge in [0.25, 0.3) is 0 Å². The number of rotatable bonds is 6. The molecular formula is C19H24N2. The minimum Gasteiger partial charge on any atom is -0.384 e. The van der Waals surface area contributed by atoms with E-state index in [1.807, 2.05) is 0 Å². The van der Waals surface area contributed by atoms with Gasteiger partial charge in [0.05, 0.1) is 0 Å². The summed E-state index contributed by atoms with van der Waals surface area (Å²) in [6.45, 7) is 6.60. The van der Waals surface area contributed by atoms with Gasteiger partial charge < -0.3 is 5.32 Å². The highest BCUT2D eigenvalue weighted by Crippen LogP contribution is 2.23. The summed E-state index contributed by atoms with van der Waals surface area (Å²) >= 11 is 0. The lowest BCUT2D eigenvalue weighted by molar-refractivity contribution is 0.283. The Morgan fingerprint density at radius 1 is 1.05 bits per heavy atom. The summed E-state index contributed by atoms with van der Waals surface area (Å²) in [4.78, 5) is 2.51. The lowest BCUT2D eigenvalue weighted by Crippen LogP contribution is -2.25. The Morgan fingerprint density at radius 2 is 1.90 bits per heavy atom. The van der Waals surface area contributed by atoms with Crippen LogP contribution in [0.5, 0.6) is 0 Å². The molecule has 0 fully saturated rings. The Morgan fingerprint density at radius 3 is 2.71 bits per heavy atom. The third kappa shape index (κ3) is 3.64. The van der Waals surface area contributed by atoms with Crippen molar-refractivity contribution < 1.29 is 0 Å². The molecule has 2 nitrogen and oxygen atoms in total. The topological polar surface area (TPSA) is 15.3 Å². The summed E-state index contributed by atoms with van der Waals surface area (Å²) in [6.07, 6.45) is 2.30. The summed E-state index contributed by atoms with van der Waals surface area (Å²) in [5.74, 6) is 0. The number of nitrogens with zero attached hydrogens (tertiary/aromatic N) is 1. The van der Waals surface area contributed by atoms with Gasteiger partial charge in [-0.3, -0.25) is 4.90 Å². The van der Waals surface area contributed by atoms with Crippen LogP contribution in [-0.2, 0) is 19.4 Å². The van der Waals surface area contributed by atoms with Gasteiger partial charge in [0.1, 0.15) is 0 Å². The summed E-state index contributed by atoms with van der Waals surface area (Å²) in [7, 11) is 0. The molecule has 0 saturated heterocycles. The average Bonchev–Trinajstić information content (AvgIpc) is 3.00. The highest BCUT2D eigenvalue weighted by molar-refractivity contribution is 5.56. The van der Waals surface area contributed by atoms with Crippen LogP contribution in [0, 0.1) is 0 Å². The van der Waals surface area contributed by atoms with Crippen LogP contribution < -0.4 is 5.32 Å². The highest BCUT2D eigenvalue weighted by atomic mass is 15.1. The minimum absolute atomic E-state index is 1.05. The number of likely N-dealkylation sites (N-methyl/N-ethyl adjacent to an activating group) is 1. The molecule has 2 aromatic carbocycles. The van der Waals surface area contributed by atoms with Gasteiger partial charge in [-0.05, 0) is 42.1 Å². The number of nitrogens with one attached hydrogen (secondary N) is 1. The molecule has 0 aliphatic carbocycles. The first-order chi connectivity index (χ1) is 10.3. The first kappa shape index (κ1) is 14.2. The quantitative estimate of drug-likeness (QED) is 0.867. The van der Waals surface area contributed by atoms with E-state index in [-0.39, 0.29) is 0 Å². The molecule has 0 aromatic heterocycles. The van der Waals surface area contributed by atoms with Crippen LogP contribution >= 0.6 is 0 Å². The zero-order chi connectivity index (χ0) is 14.5. The summed E-state index contributed by atoms with van der Waals surface area (Å²) < 4.78 is 0. The largest absolute Gasteiger partial charge is 0.384 e. The zero-order valence-electron chi connectivity index (χ0n) is 12.8. The van der Waals surface area contributed by atoms with Crippen molar-refractivity contribution in [3.63, 3.8) is 0 Å². The monoisotopic (exact) mass is 280 g/mol. The number of hydrogen-bond donors (Lipinski definition) is 1. The van der Waals surface area contributed by atoms with Crippen molar-refractivity contribution in [2.45, 2.75) is 26.3 Å². The van der Waals surface area contributed by atoms with E-state index in [4.69, 9.17) is 0 Å². The molecule has 110 valence electrons. The SMILES string of the molecule is CCN(CCc1ccc2c(c1)CCN2)Cc1ccccc1. The zero-order valence-corrected chi connectivity index (χ0v) is 12.8. The molecule has 1 aliphatic rings. The van der Waals surface area contributed by atoms with Gasteiger partial charge in [-0.1, -0.05) is 49.4 Å². The first-order valence-electron chi connectivity index (χ1n) is 7.97. The van der Waals surface area contributed by atoms with Crippen molar-refractivity contribution in [3.8, 4) is 0 Å². The smallest absolute Gasteiger partial charge is 0.0373 e. The second-order valence-electron chi connectivity index (χ2n) is 5.77. The highest BCUT2D eigenvalue weighted by Gasteiger charge is 2.10. The Kier molecular flexibility index (Phi) is 4.56. The van der Waals surface area contributed by atoms with E-state index < -0.39 is 0 Å². The van der Waals surface area contributed by atoms with E-state index in [1.165, 1.54) is 28.8 Å². The molecule has 2 heteroatoms. The lowest BCUT2D eigenvalue weighted by Gasteiger charge is -2.20. The summed E-state index contributed by atoms with van der Waals surface area (Å²) in [5, 5.41) is 3.43. The van der Waals surface area contributed by atoms with Gasteiger partial charge in [0.2, 0.25) is 0 Å². The molecule has 1 aliphatic heterocycles. The maximum absolute atomic E-state index is 3.43. The van der Waals surface area contributed by atoms with Gasteiger partial charge in [-0.15, -0.1) is 0 Å². The Labute approximate surface area is 127 Å². The van der Waals surface area contributed by atoms with Crippen LogP contribution in [0.15, 0.2) is 48.5 Å². The minimum atomic E-state index is 1.05. The standard InChI is InChI=1S/C19H24N2/c1-2-21(15-17-6-4-3-5-7-17)13-11-16-8-9-19-18(14-16)10-12-20-19/h3-9,14,20H,2,10-13,15H2,1H3.